The number of hydrogen-bond acceptors (Lipinski definition) is 10. The molecule has 1 fully saturated rings. The van der Waals surface area contributed by atoms with E-state index in [0.717, 1.165) is 11.3 Å². The fourth-order valence-electron chi connectivity index (χ4n) is 2.74. The van der Waals surface area contributed by atoms with Crippen molar-refractivity contribution in [3.05, 3.63) is 35.0 Å². The number of allylic oxidation sites excluding steroid dienone is 1. The van der Waals surface area contributed by atoms with Crippen molar-refractivity contribution in [3.8, 4) is 0 Å². The zero-order valence-electron chi connectivity index (χ0n) is 14.2. The molecule has 0 aliphatic carbocycles. The minimum absolute atomic E-state index is 0.0279. The number of amides is 2. The molecule has 0 aromatic carbocycles. The average Bonchev–Trinajstić information content (AvgIpc) is 3.11. The summed E-state index contributed by atoms with van der Waals surface area (Å²) in [4.78, 5) is 42.5. The van der Waals surface area contributed by atoms with Crippen LogP contribution in [-0.2, 0) is 31.7 Å². The highest BCUT2D eigenvalue weighted by Crippen LogP contribution is 2.40. The van der Waals surface area contributed by atoms with E-state index in [-0.39, 0.29) is 28.2 Å². The molecule has 10 nitrogen and oxygen atoms in total. The summed E-state index contributed by atoms with van der Waals surface area (Å²) in [7, 11) is 0. The number of rotatable bonds is 6. The van der Waals surface area contributed by atoms with Gasteiger partial charge in [0.2, 0.25) is 5.94 Å². The highest BCUT2D eigenvalue weighted by molar-refractivity contribution is 8.00. The standard InChI is InChI=1S/C15H15N5O5S3/c1-2-6-3-27-13-9(12(22)20(13)10(6)14(23)25-5-26)18-11(21)8(19-24)7-4-28-15(16)17-7/h2,4,9,13,24,26H,1,3,5H2,(H2,16,17)(H,18,21)/p+1/b19-8-. The molecule has 28 heavy (non-hydrogen) atoms. The van der Waals surface area contributed by atoms with Gasteiger partial charge in [-0.25, -0.2) is 9.78 Å². The zero-order valence-corrected chi connectivity index (χ0v) is 16.9. The van der Waals surface area contributed by atoms with Crippen LogP contribution in [0.15, 0.2) is 34.5 Å². The Balaban J connectivity index is 1.78. The fraction of sp³-hybridized carbons (Fsp3) is 0.267. The van der Waals surface area contributed by atoms with Gasteiger partial charge in [-0.1, -0.05) is 17.8 Å². The first-order valence-electron chi connectivity index (χ1n) is 7.79. The normalized spacial score (nSPS) is 21.7. The van der Waals surface area contributed by atoms with Crippen molar-refractivity contribution in [2.75, 3.05) is 17.4 Å². The highest BCUT2D eigenvalue weighted by Gasteiger charge is 2.54. The van der Waals surface area contributed by atoms with Crippen LogP contribution in [0, 0.1) is 0 Å². The predicted molar refractivity (Wildman–Crippen MR) is 108 cm³/mol. The Morgan fingerprint density at radius 2 is 2.36 bits per heavy atom. The quantitative estimate of drug-likeness (QED) is 0.130. The minimum atomic E-state index is -0.900. The van der Waals surface area contributed by atoms with Gasteiger partial charge in [0, 0.05) is 11.1 Å². The van der Waals surface area contributed by atoms with E-state index < -0.39 is 29.2 Å². The largest absolute Gasteiger partial charge is 0.414 e. The van der Waals surface area contributed by atoms with E-state index in [4.69, 9.17) is 15.7 Å². The molecular formula is C15H16N5O5S3+. The fourth-order valence-corrected chi connectivity index (χ4v) is 4.76. The number of fused-ring (bicyclic) bond motifs is 1. The number of carbonyl (C=O) groups is 3. The first kappa shape index (κ1) is 20.2. The lowest BCUT2D eigenvalue weighted by molar-refractivity contribution is -0.151. The Kier molecular flexibility index (Phi) is 5.96. The Labute approximate surface area is 172 Å². The van der Waals surface area contributed by atoms with Gasteiger partial charge >= 0.3 is 5.97 Å². The van der Waals surface area contributed by atoms with Crippen molar-refractivity contribution in [1.82, 2.24) is 15.2 Å². The van der Waals surface area contributed by atoms with E-state index in [1.165, 1.54) is 28.1 Å². The monoisotopic (exact) mass is 442 g/mol. The highest BCUT2D eigenvalue weighted by atomic mass is 32.2. The molecule has 2 aliphatic heterocycles. The molecule has 0 saturated carbocycles. The van der Waals surface area contributed by atoms with E-state index in [1.807, 2.05) is 0 Å². The lowest BCUT2D eigenvalue weighted by Gasteiger charge is -2.49. The summed E-state index contributed by atoms with van der Waals surface area (Å²) in [5.41, 5.74) is 5.94. The predicted octanol–water partition coefficient (Wildman–Crippen LogP) is -0.744. The number of ether oxygens (including phenoxy) is 1. The molecule has 3 heterocycles. The van der Waals surface area contributed by atoms with Gasteiger partial charge in [-0.15, -0.1) is 23.1 Å². The third kappa shape index (κ3) is 3.47. The summed E-state index contributed by atoms with van der Waals surface area (Å²) < 4.78 is 4.95. The number of β-lactam (4-membered cyclic amide) rings is 1. The molecule has 1 saturated heterocycles. The number of nitrogens with one attached hydrogen (secondary N) is 1. The molecular weight excluding hydrogens is 426 g/mol. The second kappa shape index (κ2) is 8.24. The molecule has 2 amide bonds. The molecule has 3 rings (SSSR count). The second-order valence-corrected chi connectivity index (χ2v) is 7.82. The number of anilines is 1. The number of esters is 1. The zero-order chi connectivity index (χ0) is 20.4. The van der Waals surface area contributed by atoms with Crippen LogP contribution in [0.25, 0.3) is 0 Å². The number of oxime groups is 1. The molecule has 13 heteroatoms. The molecule has 0 bridgehead atoms. The van der Waals surface area contributed by atoms with Crippen LogP contribution in [0.5, 0.6) is 0 Å². The van der Waals surface area contributed by atoms with Gasteiger partial charge in [-0.05, 0) is 18.2 Å². The van der Waals surface area contributed by atoms with Gasteiger partial charge in [0.1, 0.15) is 22.8 Å². The van der Waals surface area contributed by atoms with E-state index in [0.29, 0.717) is 11.3 Å². The van der Waals surface area contributed by atoms with Crippen LogP contribution < -0.4 is 11.1 Å². The number of thioether (sulfide) groups is 1. The van der Waals surface area contributed by atoms with Crippen molar-refractivity contribution in [2.45, 2.75) is 11.4 Å². The Bertz CT molecular complexity index is 912. The maximum atomic E-state index is 12.6. The molecule has 1 aromatic heterocycles. The molecule has 0 spiro atoms. The van der Waals surface area contributed by atoms with E-state index in [2.05, 4.69) is 34.7 Å². The second-order valence-electron chi connectivity index (χ2n) is 5.53. The van der Waals surface area contributed by atoms with Crippen molar-refractivity contribution < 1.29 is 24.3 Å². The summed E-state index contributed by atoms with van der Waals surface area (Å²) >= 11 is 5.50. The van der Waals surface area contributed by atoms with Gasteiger partial charge in [-0.3, -0.25) is 14.5 Å². The number of carbonyl (C=O) groups excluding carboxylic acids is 3. The summed E-state index contributed by atoms with van der Waals surface area (Å²) in [5.74, 6) is -1.54. The van der Waals surface area contributed by atoms with Crippen LogP contribution in [0.1, 0.15) is 5.69 Å². The van der Waals surface area contributed by atoms with Gasteiger partial charge in [-0.2, -0.15) is 0 Å². The van der Waals surface area contributed by atoms with Crippen molar-refractivity contribution in [3.63, 3.8) is 0 Å². The summed E-state index contributed by atoms with van der Waals surface area (Å²) in [6, 6.07) is -0.900. The van der Waals surface area contributed by atoms with E-state index in [9.17, 15) is 14.4 Å². The number of nitrogens with zero attached hydrogens (tertiary/aromatic N) is 3. The number of hydrogen-bond donors (Lipinski definition) is 3. The Hall–Kier alpha value is -2.51. The average molecular weight is 443 g/mol. The maximum Gasteiger partial charge on any atom is 0.359 e. The Morgan fingerprint density at radius 3 is 2.93 bits per heavy atom. The third-order valence-electron chi connectivity index (χ3n) is 4.01. The van der Waals surface area contributed by atoms with E-state index in [1.54, 1.807) is 0 Å². The van der Waals surface area contributed by atoms with Crippen LogP contribution in [-0.4, -0.2) is 61.7 Å². The Morgan fingerprint density at radius 1 is 1.61 bits per heavy atom. The first-order valence-corrected chi connectivity index (χ1v) is 10.4. The van der Waals surface area contributed by atoms with Gasteiger partial charge in [0.25, 0.3) is 11.8 Å². The lowest BCUT2D eigenvalue weighted by atomic mass is 10.0. The molecule has 0 radical (unpaired) electrons. The summed E-state index contributed by atoms with van der Waals surface area (Å²) in [6.07, 6.45) is 1.50. The van der Waals surface area contributed by atoms with Crippen LogP contribution in [0.2, 0.25) is 0 Å². The first-order chi connectivity index (χ1) is 13.4. The third-order valence-corrected chi connectivity index (χ3v) is 6.13. The van der Waals surface area contributed by atoms with Crippen molar-refractivity contribution in [2.24, 2.45) is 5.16 Å². The molecule has 4 N–H and O–H groups in total. The van der Waals surface area contributed by atoms with Crippen molar-refractivity contribution >= 4 is 64.4 Å². The molecule has 2 unspecified atom stereocenters. The lowest BCUT2D eigenvalue weighted by Crippen LogP contribution is -2.71. The minimum Gasteiger partial charge on any atom is -0.414 e. The van der Waals surface area contributed by atoms with Gasteiger partial charge in [0.05, 0.1) is 0 Å². The molecule has 2 atom stereocenters. The van der Waals surface area contributed by atoms with Crippen LogP contribution >= 0.6 is 23.1 Å². The van der Waals surface area contributed by atoms with Gasteiger partial charge in [0.15, 0.2) is 10.8 Å². The topological polar surface area (TPSA) is 147 Å². The molecule has 2 aliphatic rings. The van der Waals surface area contributed by atoms with Gasteiger partial charge < -0.3 is 21.0 Å². The number of nitrogen functional groups attached to an aromatic ring is 1. The maximum absolute atomic E-state index is 12.6. The summed E-state index contributed by atoms with van der Waals surface area (Å²) in [6.45, 7) is 3.66. The van der Waals surface area contributed by atoms with Crippen molar-refractivity contribution in [1.29, 1.82) is 0 Å². The SMILES string of the molecule is C=CC1=C(C(=O)OC[SH2+])N2C(=O)C(NC(=O)/C(=N\O)c3csc(N)n3)C2SC1. The number of nitrogens with two attached hydrogens (primary N) is 1. The smallest absolute Gasteiger partial charge is 0.359 e. The van der Waals surface area contributed by atoms with Crippen LogP contribution in [0.4, 0.5) is 5.13 Å². The molecule has 148 valence electrons. The van der Waals surface area contributed by atoms with Crippen LogP contribution in [0.3, 0.4) is 0 Å². The summed E-state index contributed by atoms with van der Waals surface area (Å²) in [5, 5.41) is 15.8. The number of thiazole rings is 1. The molecule has 1 aromatic rings. The number of aromatic nitrogens is 1. The van der Waals surface area contributed by atoms with E-state index >= 15 is 0 Å².